The molecule has 2 aliphatic rings. The summed E-state index contributed by atoms with van der Waals surface area (Å²) in [5.41, 5.74) is 4.29. The molecule has 3 aromatic rings. The largest absolute Gasteiger partial charge is 0.304 e. The molecule has 1 radical (unpaired) electrons. The minimum Gasteiger partial charge on any atom is -0.304 e. The molecular weight excluding hydrogens is 434 g/mol. The van der Waals surface area contributed by atoms with Gasteiger partial charge in [0.25, 0.3) is 0 Å². The third-order valence-electron chi connectivity index (χ3n) is 5.27. The fraction of sp³-hybridized carbons (Fsp3) is 0.316. The monoisotopic (exact) mass is 451 g/mol. The summed E-state index contributed by atoms with van der Waals surface area (Å²) in [6.07, 6.45) is 7.61. The first kappa shape index (κ1) is 13.4. The molecule has 0 spiro atoms. The smallest absolute Gasteiger partial charge is 0.0199 e. The van der Waals surface area contributed by atoms with Crippen LogP contribution in [0, 0.1) is 6.07 Å². The number of pyridine rings is 1. The number of hydrogen-bond acceptors (Lipinski definition) is 1. The van der Waals surface area contributed by atoms with Gasteiger partial charge >= 0.3 is 0 Å². The Labute approximate surface area is 138 Å². The van der Waals surface area contributed by atoms with Crippen molar-refractivity contribution in [3.63, 3.8) is 0 Å². The summed E-state index contributed by atoms with van der Waals surface area (Å²) < 4.78 is 0. The van der Waals surface area contributed by atoms with E-state index in [4.69, 9.17) is 4.98 Å². The van der Waals surface area contributed by atoms with Crippen LogP contribution in [-0.2, 0) is 20.1 Å². The Morgan fingerprint density at radius 1 is 1.10 bits per heavy atom. The van der Waals surface area contributed by atoms with E-state index in [0.717, 1.165) is 17.4 Å². The van der Waals surface area contributed by atoms with Crippen LogP contribution in [0.3, 0.4) is 0 Å². The van der Waals surface area contributed by atoms with E-state index in [1.165, 1.54) is 47.4 Å². The zero-order valence-corrected chi connectivity index (χ0v) is 14.1. The summed E-state index contributed by atoms with van der Waals surface area (Å²) in [7, 11) is 0. The average molecular weight is 451 g/mol. The zero-order chi connectivity index (χ0) is 13.1. The number of nitrogens with zero attached hydrogens (tertiary/aromatic N) is 1. The first-order chi connectivity index (χ1) is 9.92. The molecule has 2 unspecified atom stereocenters. The number of rotatable bonds is 0. The molecule has 1 heterocycles. The van der Waals surface area contributed by atoms with Gasteiger partial charge in [0.05, 0.1) is 0 Å². The molecule has 2 atom stereocenters. The van der Waals surface area contributed by atoms with Crippen molar-refractivity contribution in [1.82, 2.24) is 4.98 Å². The van der Waals surface area contributed by atoms with Crippen molar-refractivity contribution < 1.29 is 20.1 Å². The first-order valence-electron chi connectivity index (χ1n) is 7.64. The van der Waals surface area contributed by atoms with Gasteiger partial charge in [0.2, 0.25) is 0 Å². The third kappa shape index (κ3) is 1.82. The van der Waals surface area contributed by atoms with E-state index in [-0.39, 0.29) is 20.1 Å². The van der Waals surface area contributed by atoms with Crippen LogP contribution in [0.5, 0.6) is 0 Å². The second kappa shape index (κ2) is 4.90. The molecule has 2 bridgehead atoms. The van der Waals surface area contributed by atoms with E-state index in [2.05, 4.69) is 36.5 Å². The molecular formula is C19H16IrN-. The normalized spacial score (nSPS) is 23.0. The Kier molecular flexibility index (Phi) is 3.13. The van der Waals surface area contributed by atoms with Gasteiger partial charge in [-0.05, 0) is 53.1 Å². The topological polar surface area (TPSA) is 12.9 Å². The van der Waals surface area contributed by atoms with Gasteiger partial charge in [0.15, 0.2) is 0 Å². The Morgan fingerprint density at radius 2 is 2.00 bits per heavy atom. The molecule has 1 aromatic heterocycles. The van der Waals surface area contributed by atoms with E-state index < -0.39 is 0 Å². The fourth-order valence-corrected chi connectivity index (χ4v) is 4.41. The third-order valence-corrected chi connectivity index (χ3v) is 5.27. The summed E-state index contributed by atoms with van der Waals surface area (Å²) >= 11 is 0. The van der Waals surface area contributed by atoms with Crippen molar-refractivity contribution >= 4 is 21.7 Å². The number of benzene rings is 2. The Bertz CT molecular complexity index is 839. The molecule has 2 aliphatic carbocycles. The number of aromatic nitrogens is 1. The van der Waals surface area contributed by atoms with E-state index in [9.17, 15) is 0 Å². The Balaban J connectivity index is 0.00000115. The van der Waals surface area contributed by atoms with Crippen molar-refractivity contribution in [1.29, 1.82) is 0 Å². The average Bonchev–Trinajstić information content (AvgIpc) is 2.78. The molecule has 1 fully saturated rings. The number of fused-ring (bicyclic) bond motifs is 9. The van der Waals surface area contributed by atoms with Crippen LogP contribution in [0.2, 0.25) is 0 Å². The van der Waals surface area contributed by atoms with E-state index in [1.54, 1.807) is 5.56 Å². The van der Waals surface area contributed by atoms with Crippen molar-refractivity contribution in [3.8, 4) is 0 Å². The molecule has 2 heteroatoms. The molecule has 2 aromatic carbocycles. The van der Waals surface area contributed by atoms with Crippen LogP contribution >= 0.6 is 0 Å². The molecule has 0 amide bonds. The maximum absolute atomic E-state index is 4.81. The van der Waals surface area contributed by atoms with Gasteiger partial charge in [-0.3, -0.25) is 0 Å². The minimum absolute atomic E-state index is 0. The standard InChI is InChI=1S/C19H16N.Ir/c1-2-7-15-12(4-1)8-9-16-18-14-6-3-5-13(10-14)17(18)11-20-19(15)16;/h1-2,4,8-9,11,13-14H,3,5-6,10H2;/q-1;. The SMILES string of the molecule is [Ir].[c-]1cccc2ccc3c4c(cnc3c12)C1CCCC4C1. The first-order valence-corrected chi connectivity index (χ1v) is 7.64. The van der Waals surface area contributed by atoms with Crippen LogP contribution in [0.15, 0.2) is 36.5 Å². The molecule has 0 aliphatic heterocycles. The van der Waals surface area contributed by atoms with Gasteiger partial charge in [-0.25, -0.2) is 0 Å². The van der Waals surface area contributed by atoms with Gasteiger partial charge in [0.1, 0.15) is 0 Å². The molecule has 21 heavy (non-hydrogen) atoms. The van der Waals surface area contributed by atoms with E-state index >= 15 is 0 Å². The van der Waals surface area contributed by atoms with Crippen LogP contribution in [-0.4, -0.2) is 4.98 Å². The summed E-state index contributed by atoms with van der Waals surface area (Å²) in [5.74, 6) is 1.55. The van der Waals surface area contributed by atoms with Crippen LogP contribution in [0.1, 0.15) is 48.6 Å². The summed E-state index contributed by atoms with van der Waals surface area (Å²) in [6, 6.07) is 14.1. The van der Waals surface area contributed by atoms with Gasteiger partial charge in [-0.1, -0.05) is 18.6 Å². The summed E-state index contributed by atoms with van der Waals surface area (Å²) in [6.45, 7) is 0. The van der Waals surface area contributed by atoms with Crippen LogP contribution in [0.4, 0.5) is 0 Å². The van der Waals surface area contributed by atoms with Crippen molar-refractivity contribution in [2.75, 3.05) is 0 Å². The zero-order valence-electron chi connectivity index (χ0n) is 11.7. The maximum Gasteiger partial charge on any atom is 0.0199 e. The molecule has 1 nitrogen and oxygen atoms in total. The van der Waals surface area contributed by atoms with Gasteiger partial charge in [-0.2, -0.15) is 0 Å². The van der Waals surface area contributed by atoms with Crippen molar-refractivity contribution in [2.45, 2.75) is 37.5 Å². The van der Waals surface area contributed by atoms with Gasteiger partial charge in [0, 0.05) is 26.3 Å². The molecule has 0 N–H and O–H groups in total. The minimum atomic E-state index is 0. The Hall–Kier alpha value is -1.24. The fourth-order valence-electron chi connectivity index (χ4n) is 4.41. The maximum atomic E-state index is 4.81. The molecule has 0 saturated heterocycles. The predicted molar refractivity (Wildman–Crippen MR) is 82.0 cm³/mol. The summed E-state index contributed by atoms with van der Waals surface area (Å²) in [4.78, 5) is 4.81. The predicted octanol–water partition coefficient (Wildman–Crippen LogP) is 4.94. The van der Waals surface area contributed by atoms with Gasteiger partial charge < -0.3 is 4.98 Å². The van der Waals surface area contributed by atoms with Crippen molar-refractivity contribution in [2.24, 2.45) is 0 Å². The van der Waals surface area contributed by atoms with Crippen LogP contribution in [0.25, 0.3) is 21.7 Å². The molecule has 5 rings (SSSR count). The van der Waals surface area contributed by atoms with Crippen molar-refractivity contribution in [3.05, 3.63) is 53.7 Å². The number of hydrogen-bond donors (Lipinski definition) is 0. The Morgan fingerprint density at radius 3 is 2.95 bits per heavy atom. The van der Waals surface area contributed by atoms with Gasteiger partial charge in [-0.15, -0.1) is 35.0 Å². The van der Waals surface area contributed by atoms with E-state index in [0.29, 0.717) is 0 Å². The van der Waals surface area contributed by atoms with E-state index in [1.807, 2.05) is 6.07 Å². The second-order valence-corrected chi connectivity index (χ2v) is 6.28. The quantitative estimate of drug-likeness (QED) is 0.349. The van der Waals surface area contributed by atoms with Crippen LogP contribution < -0.4 is 0 Å². The second-order valence-electron chi connectivity index (χ2n) is 6.28. The molecule has 1 saturated carbocycles. The summed E-state index contributed by atoms with van der Waals surface area (Å²) in [5, 5.41) is 3.80. The molecule has 107 valence electrons.